The average molecular weight is 178 g/mol. The molecule has 1 aliphatic rings. The van der Waals surface area contributed by atoms with Crippen molar-refractivity contribution in [3.05, 3.63) is 27.5 Å². The summed E-state index contributed by atoms with van der Waals surface area (Å²) in [6, 6.07) is 0.152. The summed E-state index contributed by atoms with van der Waals surface area (Å²) >= 11 is 0. The van der Waals surface area contributed by atoms with Crippen LogP contribution in [0.3, 0.4) is 0 Å². The van der Waals surface area contributed by atoms with Gasteiger partial charge < -0.3 is 4.98 Å². The summed E-state index contributed by atoms with van der Waals surface area (Å²) in [7, 11) is 0. The van der Waals surface area contributed by atoms with Gasteiger partial charge in [0.15, 0.2) is 10.8 Å². The molecule has 5 heteroatoms. The maximum absolute atomic E-state index is 11.3. The number of fused-ring (bicyclic) bond motifs is 1. The van der Waals surface area contributed by atoms with E-state index in [1.54, 1.807) is 0 Å². The predicted octanol–water partition coefficient (Wildman–Crippen LogP) is -1.20. The Bertz CT molecular complexity index is 490. The Morgan fingerprint density at radius 3 is 2.77 bits per heavy atom. The van der Waals surface area contributed by atoms with E-state index in [-0.39, 0.29) is 17.6 Å². The van der Waals surface area contributed by atoms with Crippen molar-refractivity contribution >= 4 is 0 Å². The maximum atomic E-state index is 11.3. The third-order valence-electron chi connectivity index (χ3n) is 2.17. The topological polar surface area (TPSA) is 70.5 Å². The summed E-state index contributed by atoms with van der Waals surface area (Å²) in [5.41, 5.74) is 0.238. The second-order valence-corrected chi connectivity index (χ2v) is 3.14. The number of rotatable bonds is 0. The summed E-state index contributed by atoms with van der Waals surface area (Å²) < 4.78 is 0. The quantitative estimate of drug-likeness (QED) is 0.542. The van der Waals surface area contributed by atoms with Gasteiger partial charge in [-0.3, -0.25) is 14.8 Å². The number of hydrogen-bond acceptors (Lipinski definition) is 4. The molecule has 1 N–H and O–H groups in total. The van der Waals surface area contributed by atoms with Gasteiger partial charge in [0.05, 0.1) is 18.4 Å². The zero-order valence-electron chi connectivity index (χ0n) is 7.48. The highest BCUT2D eigenvalue weighted by atomic mass is 16.1. The van der Waals surface area contributed by atoms with E-state index in [9.17, 15) is 4.79 Å². The fraction of sp³-hybridized carbons (Fsp3) is 0.500. The van der Waals surface area contributed by atoms with Crippen LogP contribution >= 0.6 is 0 Å². The Hall–Kier alpha value is -1.52. The third-order valence-corrected chi connectivity index (χ3v) is 2.17. The van der Waals surface area contributed by atoms with E-state index in [1.165, 1.54) is 6.33 Å². The van der Waals surface area contributed by atoms with E-state index >= 15 is 0 Å². The lowest BCUT2D eigenvalue weighted by atomic mass is 10.2. The summed E-state index contributed by atoms with van der Waals surface area (Å²) in [5, 5.41) is 0.355. The molecule has 0 fully saturated rings. The molecular formula is C8H10N4O. The molecule has 0 aliphatic carbocycles. The molecule has 1 aliphatic heterocycles. The molecular weight excluding hydrogens is 168 g/mol. The molecule has 1 aromatic rings. The molecule has 0 spiro atoms. The smallest absolute Gasteiger partial charge is 0.278 e. The summed E-state index contributed by atoms with van der Waals surface area (Å²) in [6.07, 6.45) is 1.35. The lowest BCUT2D eigenvalue weighted by molar-refractivity contribution is 0.552. The number of aromatic amines is 1. The Morgan fingerprint density at radius 1 is 1.31 bits per heavy atom. The summed E-state index contributed by atoms with van der Waals surface area (Å²) in [6.45, 7) is 3.89. The molecule has 0 unspecified atom stereocenters. The fourth-order valence-corrected chi connectivity index (χ4v) is 1.21. The summed E-state index contributed by atoms with van der Waals surface area (Å²) in [4.78, 5) is 26.2. The van der Waals surface area contributed by atoms with Crippen LogP contribution in [-0.2, 0) is 0 Å². The Morgan fingerprint density at radius 2 is 2.00 bits per heavy atom. The van der Waals surface area contributed by atoms with Gasteiger partial charge in [0.25, 0.3) is 5.56 Å². The number of H-pyrrole nitrogens is 1. The SMILES string of the molecule is C[C@@H]1N=c2nc[nH]c(=O)c2=N[C@@H]1C. The van der Waals surface area contributed by atoms with Crippen LogP contribution in [0.5, 0.6) is 0 Å². The molecule has 0 bridgehead atoms. The van der Waals surface area contributed by atoms with Crippen molar-refractivity contribution in [1.82, 2.24) is 9.97 Å². The molecule has 2 atom stereocenters. The lowest BCUT2D eigenvalue weighted by Crippen LogP contribution is -2.48. The minimum absolute atomic E-state index is 0.0535. The first-order chi connectivity index (χ1) is 6.18. The van der Waals surface area contributed by atoms with E-state index in [2.05, 4.69) is 20.0 Å². The predicted molar refractivity (Wildman–Crippen MR) is 46.1 cm³/mol. The van der Waals surface area contributed by atoms with Crippen LogP contribution in [-0.4, -0.2) is 22.1 Å². The molecule has 13 heavy (non-hydrogen) atoms. The van der Waals surface area contributed by atoms with E-state index < -0.39 is 0 Å². The molecule has 5 nitrogen and oxygen atoms in total. The van der Waals surface area contributed by atoms with Crippen LogP contribution in [0.15, 0.2) is 21.1 Å². The zero-order chi connectivity index (χ0) is 9.42. The first kappa shape index (κ1) is 8.10. The van der Waals surface area contributed by atoms with Crippen molar-refractivity contribution in [3.63, 3.8) is 0 Å². The molecule has 0 aromatic carbocycles. The van der Waals surface area contributed by atoms with Crippen LogP contribution in [0.4, 0.5) is 0 Å². The van der Waals surface area contributed by atoms with Crippen LogP contribution in [0.2, 0.25) is 0 Å². The third kappa shape index (κ3) is 1.26. The Balaban J connectivity index is 2.85. The Labute approximate surface area is 74.3 Å². The van der Waals surface area contributed by atoms with Crippen molar-refractivity contribution in [2.45, 2.75) is 25.9 Å². The van der Waals surface area contributed by atoms with Gasteiger partial charge in [-0.05, 0) is 13.8 Å². The van der Waals surface area contributed by atoms with Gasteiger partial charge in [-0.1, -0.05) is 0 Å². The highest BCUT2D eigenvalue weighted by Crippen LogP contribution is 2.00. The molecule has 2 heterocycles. The first-order valence-electron chi connectivity index (χ1n) is 4.18. The van der Waals surface area contributed by atoms with Gasteiger partial charge in [0, 0.05) is 0 Å². The van der Waals surface area contributed by atoms with Crippen LogP contribution in [0, 0.1) is 0 Å². The normalized spacial score (nSPS) is 25.7. The van der Waals surface area contributed by atoms with Crippen molar-refractivity contribution in [1.29, 1.82) is 0 Å². The van der Waals surface area contributed by atoms with Crippen molar-refractivity contribution in [2.24, 2.45) is 9.98 Å². The zero-order valence-corrected chi connectivity index (χ0v) is 7.48. The van der Waals surface area contributed by atoms with Crippen LogP contribution < -0.4 is 16.4 Å². The minimum Gasteiger partial charge on any atom is -0.311 e. The van der Waals surface area contributed by atoms with Gasteiger partial charge in [-0.2, -0.15) is 0 Å². The van der Waals surface area contributed by atoms with Crippen LogP contribution in [0.1, 0.15) is 13.8 Å². The van der Waals surface area contributed by atoms with Crippen molar-refractivity contribution in [3.8, 4) is 0 Å². The summed E-state index contributed by atoms with van der Waals surface area (Å²) in [5.74, 6) is 0. The monoisotopic (exact) mass is 178 g/mol. The largest absolute Gasteiger partial charge is 0.311 e. The Kier molecular flexibility index (Phi) is 1.72. The van der Waals surface area contributed by atoms with Gasteiger partial charge in [-0.15, -0.1) is 0 Å². The van der Waals surface area contributed by atoms with Gasteiger partial charge >= 0.3 is 0 Å². The fourth-order valence-electron chi connectivity index (χ4n) is 1.21. The van der Waals surface area contributed by atoms with Gasteiger partial charge in [-0.25, -0.2) is 4.98 Å². The second kappa shape index (κ2) is 2.76. The number of nitrogens with one attached hydrogen (secondary N) is 1. The second-order valence-electron chi connectivity index (χ2n) is 3.14. The number of aromatic nitrogens is 2. The highest BCUT2D eigenvalue weighted by molar-refractivity contribution is 4.90. The maximum Gasteiger partial charge on any atom is 0.278 e. The van der Waals surface area contributed by atoms with Crippen LogP contribution in [0.25, 0.3) is 0 Å². The molecule has 0 saturated carbocycles. The standard InChI is InChI=1S/C8H10N4O/c1-4-5(2)12-7-6(11-4)8(13)10-3-9-7/h3-5H,1-2H3,(H,9,10,12,13)/t4-,5+/m1/s1. The van der Waals surface area contributed by atoms with E-state index in [0.717, 1.165) is 0 Å². The molecule has 0 radical (unpaired) electrons. The molecule has 2 rings (SSSR count). The minimum atomic E-state index is -0.215. The molecule has 68 valence electrons. The first-order valence-corrected chi connectivity index (χ1v) is 4.18. The highest BCUT2D eigenvalue weighted by Gasteiger charge is 2.14. The van der Waals surface area contributed by atoms with Gasteiger partial charge in [0.2, 0.25) is 0 Å². The van der Waals surface area contributed by atoms with E-state index in [0.29, 0.717) is 10.8 Å². The lowest BCUT2D eigenvalue weighted by Gasteiger charge is -2.13. The van der Waals surface area contributed by atoms with Crippen molar-refractivity contribution < 1.29 is 0 Å². The van der Waals surface area contributed by atoms with E-state index in [4.69, 9.17) is 0 Å². The number of hydrogen-bond donors (Lipinski definition) is 1. The molecule has 1 aromatic heterocycles. The van der Waals surface area contributed by atoms with Gasteiger partial charge in [0.1, 0.15) is 0 Å². The molecule has 0 amide bonds. The van der Waals surface area contributed by atoms with Crippen molar-refractivity contribution in [2.75, 3.05) is 0 Å². The average Bonchev–Trinajstić information content (AvgIpc) is 2.09. The molecule has 0 saturated heterocycles. The van der Waals surface area contributed by atoms with E-state index in [1.807, 2.05) is 13.8 Å². The number of nitrogens with zero attached hydrogens (tertiary/aromatic N) is 3.